The maximum Gasteiger partial charge on any atom is 0.255 e. The molecule has 1 atom stereocenters. The maximum atomic E-state index is 13.8. The number of likely N-dealkylation sites (N-methyl/N-ethyl adjacent to an activating group) is 1. The smallest absolute Gasteiger partial charge is 0.255 e. The minimum absolute atomic E-state index is 0.196. The number of para-hydroxylation sites is 2. The van der Waals surface area contributed by atoms with Crippen LogP contribution in [0.2, 0.25) is 0 Å². The van der Waals surface area contributed by atoms with Gasteiger partial charge in [-0.05, 0) is 56.1 Å². The van der Waals surface area contributed by atoms with E-state index in [2.05, 4.69) is 5.32 Å². The van der Waals surface area contributed by atoms with Gasteiger partial charge in [0.1, 0.15) is 17.3 Å². The molecule has 0 unspecified atom stereocenters. The summed E-state index contributed by atoms with van der Waals surface area (Å²) in [5.41, 5.74) is 3.29. The third-order valence-corrected chi connectivity index (χ3v) is 5.65. The molecule has 3 aromatic carbocycles. The van der Waals surface area contributed by atoms with Gasteiger partial charge in [-0.25, -0.2) is 9.07 Å². The number of ether oxygens (including phenoxy) is 1. The molecule has 1 N–H and O–H groups in total. The monoisotopic (exact) mass is 458 g/mol. The minimum atomic E-state index is -0.307. The van der Waals surface area contributed by atoms with Crippen LogP contribution in [0, 0.1) is 5.82 Å². The molecule has 4 aromatic rings. The SMILES string of the molecule is COc1ccccc1-c1nn(-c2ccccc2)cc1C(=O)NC[C@@H](c1cccc(F)c1)N(C)C. The number of rotatable bonds is 8. The van der Waals surface area contributed by atoms with Crippen LogP contribution in [-0.4, -0.2) is 48.3 Å². The zero-order chi connectivity index (χ0) is 24.1. The van der Waals surface area contributed by atoms with Gasteiger partial charge in [-0.2, -0.15) is 5.10 Å². The average Bonchev–Trinajstić information content (AvgIpc) is 3.30. The highest BCUT2D eigenvalue weighted by Crippen LogP contribution is 2.32. The van der Waals surface area contributed by atoms with Crippen molar-refractivity contribution in [2.24, 2.45) is 0 Å². The molecule has 1 heterocycles. The Morgan fingerprint density at radius 3 is 2.50 bits per heavy atom. The van der Waals surface area contributed by atoms with Crippen molar-refractivity contribution in [2.75, 3.05) is 27.7 Å². The summed E-state index contributed by atoms with van der Waals surface area (Å²) in [6, 6.07) is 23.3. The van der Waals surface area contributed by atoms with Gasteiger partial charge in [0, 0.05) is 18.3 Å². The van der Waals surface area contributed by atoms with E-state index in [1.54, 1.807) is 24.1 Å². The highest BCUT2D eigenvalue weighted by atomic mass is 19.1. The van der Waals surface area contributed by atoms with Crippen LogP contribution in [0.4, 0.5) is 4.39 Å². The van der Waals surface area contributed by atoms with E-state index in [0.717, 1.165) is 16.8 Å². The number of halogens is 1. The Hall–Kier alpha value is -3.97. The number of nitrogens with zero attached hydrogens (tertiary/aromatic N) is 3. The molecule has 7 heteroatoms. The minimum Gasteiger partial charge on any atom is -0.496 e. The lowest BCUT2D eigenvalue weighted by Gasteiger charge is -2.25. The first-order valence-electron chi connectivity index (χ1n) is 11.0. The molecule has 0 spiro atoms. The number of methoxy groups -OCH3 is 1. The summed E-state index contributed by atoms with van der Waals surface area (Å²) in [6.07, 6.45) is 1.72. The van der Waals surface area contributed by atoms with E-state index in [1.807, 2.05) is 79.7 Å². The lowest BCUT2D eigenvalue weighted by atomic mass is 10.0. The predicted octanol–water partition coefficient (Wildman–Crippen LogP) is 4.72. The molecule has 1 amide bonds. The normalized spacial score (nSPS) is 11.9. The predicted molar refractivity (Wildman–Crippen MR) is 131 cm³/mol. The maximum absolute atomic E-state index is 13.8. The summed E-state index contributed by atoms with van der Waals surface area (Å²) in [6.45, 7) is 0.303. The molecular formula is C27H27FN4O2. The lowest BCUT2D eigenvalue weighted by Crippen LogP contribution is -2.34. The van der Waals surface area contributed by atoms with Crippen molar-refractivity contribution in [1.29, 1.82) is 0 Å². The largest absolute Gasteiger partial charge is 0.496 e. The first-order chi connectivity index (χ1) is 16.5. The Kier molecular flexibility index (Phi) is 7.04. The quantitative estimate of drug-likeness (QED) is 0.415. The number of aromatic nitrogens is 2. The van der Waals surface area contributed by atoms with Gasteiger partial charge in [0.25, 0.3) is 5.91 Å². The zero-order valence-corrected chi connectivity index (χ0v) is 19.4. The van der Waals surface area contributed by atoms with Gasteiger partial charge in [0.2, 0.25) is 0 Å². The summed E-state index contributed by atoms with van der Waals surface area (Å²) < 4.78 is 21.0. The van der Waals surface area contributed by atoms with Gasteiger partial charge in [-0.15, -0.1) is 0 Å². The standard InChI is InChI=1S/C27H27FN4O2/c1-31(2)24(19-10-9-11-20(28)16-19)17-29-27(33)23-18-32(21-12-5-4-6-13-21)30-26(23)22-14-7-8-15-25(22)34-3/h4-16,18,24H,17H2,1-3H3,(H,29,33)/t24-/m0/s1. The molecule has 0 saturated heterocycles. The van der Waals surface area contributed by atoms with Crippen LogP contribution in [0.3, 0.4) is 0 Å². The van der Waals surface area contributed by atoms with E-state index in [4.69, 9.17) is 9.84 Å². The topological polar surface area (TPSA) is 59.4 Å². The second kappa shape index (κ2) is 10.3. The summed E-state index contributed by atoms with van der Waals surface area (Å²) in [5, 5.41) is 7.74. The number of amides is 1. The third-order valence-electron chi connectivity index (χ3n) is 5.65. The van der Waals surface area contributed by atoms with Crippen LogP contribution in [0.15, 0.2) is 85.1 Å². The molecule has 4 rings (SSSR count). The Balaban J connectivity index is 1.68. The van der Waals surface area contributed by atoms with Gasteiger partial charge in [-0.3, -0.25) is 4.79 Å². The van der Waals surface area contributed by atoms with E-state index >= 15 is 0 Å². The lowest BCUT2D eigenvalue weighted by molar-refractivity contribution is 0.0942. The van der Waals surface area contributed by atoms with Crippen molar-refractivity contribution >= 4 is 5.91 Å². The fourth-order valence-electron chi connectivity index (χ4n) is 3.89. The first kappa shape index (κ1) is 23.2. The Bertz CT molecular complexity index is 1270. The number of benzene rings is 3. The van der Waals surface area contributed by atoms with Crippen LogP contribution in [0.1, 0.15) is 22.0 Å². The van der Waals surface area contributed by atoms with Crippen LogP contribution >= 0.6 is 0 Å². The molecule has 0 aliphatic rings. The van der Waals surface area contributed by atoms with Gasteiger partial charge >= 0.3 is 0 Å². The highest BCUT2D eigenvalue weighted by Gasteiger charge is 2.23. The van der Waals surface area contributed by atoms with Crippen molar-refractivity contribution in [3.05, 3.63) is 102 Å². The van der Waals surface area contributed by atoms with Gasteiger partial charge in [0.05, 0.1) is 24.4 Å². The fourth-order valence-corrected chi connectivity index (χ4v) is 3.89. The van der Waals surface area contributed by atoms with Crippen molar-refractivity contribution in [1.82, 2.24) is 20.0 Å². The molecule has 34 heavy (non-hydrogen) atoms. The highest BCUT2D eigenvalue weighted by molar-refractivity contribution is 6.00. The Morgan fingerprint density at radius 2 is 1.79 bits per heavy atom. The van der Waals surface area contributed by atoms with Crippen molar-refractivity contribution in [3.8, 4) is 22.7 Å². The van der Waals surface area contributed by atoms with Crippen molar-refractivity contribution < 1.29 is 13.9 Å². The van der Waals surface area contributed by atoms with Gasteiger partial charge in [0.15, 0.2) is 0 Å². The summed E-state index contributed by atoms with van der Waals surface area (Å²) >= 11 is 0. The molecule has 0 aliphatic carbocycles. The second-order valence-corrected chi connectivity index (χ2v) is 8.12. The van der Waals surface area contributed by atoms with Gasteiger partial charge < -0.3 is 15.0 Å². The van der Waals surface area contributed by atoms with Gasteiger partial charge in [-0.1, -0.05) is 42.5 Å². The first-order valence-corrected chi connectivity index (χ1v) is 11.0. The molecular weight excluding hydrogens is 431 g/mol. The fraction of sp³-hybridized carbons (Fsp3) is 0.185. The Labute approximate surface area is 198 Å². The average molecular weight is 459 g/mol. The number of hydrogen-bond donors (Lipinski definition) is 1. The molecule has 0 radical (unpaired) electrons. The van der Waals surface area contributed by atoms with Crippen LogP contribution < -0.4 is 10.1 Å². The number of carbonyl (C=O) groups is 1. The summed E-state index contributed by atoms with van der Waals surface area (Å²) in [5.74, 6) is 0.0467. The second-order valence-electron chi connectivity index (χ2n) is 8.12. The molecule has 174 valence electrons. The zero-order valence-electron chi connectivity index (χ0n) is 19.4. The molecule has 0 bridgehead atoms. The summed E-state index contributed by atoms with van der Waals surface area (Å²) in [4.78, 5) is 15.4. The molecule has 6 nitrogen and oxygen atoms in total. The number of nitrogens with one attached hydrogen (secondary N) is 1. The number of hydrogen-bond acceptors (Lipinski definition) is 4. The van der Waals surface area contributed by atoms with E-state index < -0.39 is 0 Å². The molecule has 1 aromatic heterocycles. The third kappa shape index (κ3) is 5.00. The molecule has 0 aliphatic heterocycles. The van der Waals surface area contributed by atoms with Crippen molar-refractivity contribution in [3.63, 3.8) is 0 Å². The molecule has 0 saturated carbocycles. The Morgan fingerprint density at radius 1 is 1.06 bits per heavy atom. The van der Waals surface area contributed by atoms with E-state index in [-0.39, 0.29) is 17.8 Å². The van der Waals surface area contributed by atoms with E-state index in [1.165, 1.54) is 12.1 Å². The number of carbonyl (C=O) groups excluding carboxylic acids is 1. The van der Waals surface area contributed by atoms with E-state index in [0.29, 0.717) is 23.6 Å². The van der Waals surface area contributed by atoms with E-state index in [9.17, 15) is 9.18 Å². The summed E-state index contributed by atoms with van der Waals surface area (Å²) in [7, 11) is 5.39. The molecule has 0 fully saturated rings. The van der Waals surface area contributed by atoms with Crippen molar-refractivity contribution in [2.45, 2.75) is 6.04 Å². The van der Waals surface area contributed by atoms with Crippen LogP contribution in [0.25, 0.3) is 16.9 Å². The van der Waals surface area contributed by atoms with Crippen LogP contribution in [0.5, 0.6) is 5.75 Å². The van der Waals surface area contributed by atoms with Crippen LogP contribution in [-0.2, 0) is 0 Å².